The molecule has 0 radical (unpaired) electrons. The van der Waals surface area contributed by atoms with E-state index in [1.54, 1.807) is 19.2 Å². The molecule has 0 saturated carbocycles. The van der Waals surface area contributed by atoms with Gasteiger partial charge in [0.15, 0.2) is 5.43 Å². The quantitative estimate of drug-likeness (QED) is 0.162. The minimum absolute atomic E-state index is 0.0546. The van der Waals surface area contributed by atoms with E-state index in [4.69, 9.17) is 9.72 Å². The molecule has 0 amide bonds. The van der Waals surface area contributed by atoms with Gasteiger partial charge < -0.3 is 19.7 Å². The van der Waals surface area contributed by atoms with Crippen molar-refractivity contribution in [3.05, 3.63) is 91.3 Å². The first-order valence-corrected chi connectivity index (χ1v) is 17.8. The molecule has 0 spiro atoms. The highest BCUT2D eigenvalue weighted by Gasteiger charge is 2.39. The Morgan fingerprint density at radius 2 is 1.21 bits per heavy atom. The largest absolute Gasteiger partial charge is 0.496 e. The number of aromatic nitrogens is 4. The molecular weight excluding hydrogens is 592 g/mol. The van der Waals surface area contributed by atoms with Gasteiger partial charge in [0.1, 0.15) is 5.75 Å². The standard InChI is InChI=1S/C42H48N4O2/c1-10-26-22(7)31-19-35-28(12-3)29(13-4)40(45-35)39-38-24(16-25(47)18-36(38)48-9)17-30-41(39)46-37(42(30,14-5)15-6)21-32-23(8)27(11-2)34(44-32)20-33(26)43-31/h16-21,43-45H,10-15H2,1-9H3. The monoisotopic (exact) mass is 640 g/mol. The van der Waals surface area contributed by atoms with E-state index in [9.17, 15) is 4.79 Å². The predicted octanol–water partition coefficient (Wildman–Crippen LogP) is 10.2. The second-order valence-corrected chi connectivity index (χ2v) is 13.5. The summed E-state index contributed by atoms with van der Waals surface area (Å²) in [7, 11) is 1.66. The number of hydrogen-bond donors (Lipinski definition) is 3. The van der Waals surface area contributed by atoms with Crippen molar-refractivity contribution in [2.45, 2.75) is 99.3 Å². The van der Waals surface area contributed by atoms with Gasteiger partial charge in [-0.05, 0) is 127 Å². The van der Waals surface area contributed by atoms with E-state index in [0.717, 1.165) is 99.0 Å². The third kappa shape index (κ3) is 4.44. The van der Waals surface area contributed by atoms with Crippen LogP contribution in [-0.2, 0) is 31.1 Å². The Hall–Kier alpha value is -4.58. The van der Waals surface area contributed by atoms with E-state index in [1.807, 2.05) is 0 Å². The maximum atomic E-state index is 13.1. The van der Waals surface area contributed by atoms with Crippen LogP contribution in [-0.4, -0.2) is 27.0 Å². The van der Waals surface area contributed by atoms with Crippen molar-refractivity contribution in [2.75, 3.05) is 7.11 Å². The first kappa shape index (κ1) is 32.0. The summed E-state index contributed by atoms with van der Waals surface area (Å²) < 4.78 is 5.98. The average molecular weight is 641 g/mol. The van der Waals surface area contributed by atoms with Crippen molar-refractivity contribution < 1.29 is 4.74 Å². The van der Waals surface area contributed by atoms with Gasteiger partial charge in [0.25, 0.3) is 0 Å². The summed E-state index contributed by atoms with van der Waals surface area (Å²) in [6.07, 6.45) is 5.39. The fourth-order valence-electron chi connectivity index (χ4n) is 8.84. The van der Waals surface area contributed by atoms with E-state index in [1.165, 1.54) is 38.9 Å². The summed E-state index contributed by atoms with van der Waals surface area (Å²) in [6, 6.07) is 12.5. The van der Waals surface area contributed by atoms with Crippen molar-refractivity contribution in [1.82, 2.24) is 19.9 Å². The second-order valence-electron chi connectivity index (χ2n) is 13.5. The van der Waals surface area contributed by atoms with Gasteiger partial charge in [-0.15, -0.1) is 0 Å². The molecule has 48 heavy (non-hydrogen) atoms. The summed E-state index contributed by atoms with van der Waals surface area (Å²) in [6.45, 7) is 17.9. The van der Waals surface area contributed by atoms with Gasteiger partial charge in [0.2, 0.25) is 0 Å². The van der Waals surface area contributed by atoms with E-state index < -0.39 is 0 Å². The lowest BCUT2D eigenvalue weighted by atomic mass is 9.73. The highest BCUT2D eigenvalue weighted by atomic mass is 16.5. The third-order valence-corrected chi connectivity index (χ3v) is 11.5. The Balaban J connectivity index is 1.86. The Labute approximate surface area is 282 Å². The molecule has 3 N–H and O–H groups in total. The summed E-state index contributed by atoms with van der Waals surface area (Å²) in [4.78, 5) is 30.3. The number of aryl methyl sites for hydroxylation is 6. The van der Waals surface area contributed by atoms with Crippen molar-refractivity contribution in [2.24, 2.45) is 0 Å². The lowest BCUT2D eigenvalue weighted by Gasteiger charge is -2.28. The van der Waals surface area contributed by atoms with Crippen molar-refractivity contribution >= 4 is 54.8 Å². The van der Waals surface area contributed by atoms with Gasteiger partial charge >= 0.3 is 0 Å². The molecule has 1 aliphatic heterocycles. The number of rotatable bonds is 7. The van der Waals surface area contributed by atoms with Gasteiger partial charge in [0.05, 0.1) is 23.8 Å². The average Bonchev–Trinajstić information content (AvgIpc) is 3.77. The van der Waals surface area contributed by atoms with E-state index >= 15 is 0 Å². The smallest absolute Gasteiger partial charge is 0.182 e. The lowest BCUT2D eigenvalue weighted by molar-refractivity contribution is 0.419. The Morgan fingerprint density at radius 1 is 0.646 bits per heavy atom. The molecule has 0 unspecified atom stereocenters. The lowest BCUT2D eigenvalue weighted by Crippen LogP contribution is -2.23. The number of benzene rings is 2. The highest BCUT2D eigenvalue weighted by Crippen LogP contribution is 2.49. The molecule has 4 aromatic heterocycles. The molecule has 7 rings (SSSR count). The minimum atomic E-state index is -0.311. The van der Waals surface area contributed by atoms with E-state index in [2.05, 4.69) is 94.6 Å². The molecular formula is C42H48N4O2. The number of ether oxygens (including phenoxy) is 1. The zero-order valence-corrected chi connectivity index (χ0v) is 30.0. The molecule has 0 aliphatic carbocycles. The molecule has 0 atom stereocenters. The third-order valence-electron chi connectivity index (χ3n) is 11.5. The Morgan fingerprint density at radius 3 is 1.77 bits per heavy atom. The molecule has 0 saturated heterocycles. The molecule has 5 heterocycles. The van der Waals surface area contributed by atoms with Crippen molar-refractivity contribution in [1.29, 1.82) is 0 Å². The van der Waals surface area contributed by atoms with Crippen LogP contribution in [0, 0.1) is 13.8 Å². The SMILES string of the molecule is CCc1c(C)c2cc3nc4c(cc5cc(=O)cc(OC)c5c4c4[nH]c(cc5[nH]c(cc1[nH]2)c(CC)c5C)c(CC)c4CC)C3(CC)CC. The maximum absolute atomic E-state index is 13.1. The first-order chi connectivity index (χ1) is 23.2. The molecule has 8 bridgehead atoms. The normalized spacial score (nSPS) is 13.4. The predicted molar refractivity (Wildman–Crippen MR) is 202 cm³/mol. The van der Waals surface area contributed by atoms with Gasteiger partial charge in [-0.1, -0.05) is 41.5 Å². The van der Waals surface area contributed by atoms with Crippen LogP contribution in [0.15, 0.2) is 41.2 Å². The van der Waals surface area contributed by atoms with Crippen LogP contribution in [0.25, 0.3) is 54.8 Å². The van der Waals surface area contributed by atoms with Gasteiger partial charge in [0, 0.05) is 49.8 Å². The number of H-pyrrole nitrogens is 3. The molecule has 0 fully saturated rings. The number of nitrogens with one attached hydrogen (secondary N) is 3. The number of aromatic amines is 3. The summed E-state index contributed by atoms with van der Waals surface area (Å²) in [5, 5.41) is 2.85. The molecule has 6 nitrogen and oxygen atoms in total. The zero-order chi connectivity index (χ0) is 34.1. The van der Waals surface area contributed by atoms with Gasteiger partial charge in [-0.25, -0.2) is 0 Å². The molecule has 6 aromatic rings. The number of hydrogen-bond acceptors (Lipinski definition) is 3. The van der Waals surface area contributed by atoms with Crippen LogP contribution in [0.1, 0.15) is 99.0 Å². The van der Waals surface area contributed by atoms with Crippen LogP contribution in [0.3, 0.4) is 0 Å². The molecule has 1 aliphatic rings. The van der Waals surface area contributed by atoms with Gasteiger partial charge in [-0.3, -0.25) is 9.78 Å². The fourth-order valence-corrected chi connectivity index (χ4v) is 8.84. The van der Waals surface area contributed by atoms with Crippen LogP contribution >= 0.6 is 0 Å². The number of fused-ring (bicyclic) bond motifs is 10. The fraction of sp³-hybridized carbons (Fsp3) is 0.381. The van der Waals surface area contributed by atoms with Crippen LogP contribution in [0.4, 0.5) is 0 Å². The summed E-state index contributed by atoms with van der Waals surface area (Å²) >= 11 is 0. The number of nitrogens with zero attached hydrogens (tertiary/aromatic N) is 1. The number of methoxy groups -OCH3 is 1. The second kappa shape index (κ2) is 11.8. The van der Waals surface area contributed by atoms with Crippen LogP contribution < -0.4 is 10.2 Å². The van der Waals surface area contributed by atoms with E-state index in [0.29, 0.717) is 5.75 Å². The molecule has 2 aromatic carbocycles. The Kier molecular flexibility index (Phi) is 7.89. The summed E-state index contributed by atoms with van der Waals surface area (Å²) in [5.74, 6) is 0.585. The van der Waals surface area contributed by atoms with Crippen LogP contribution in [0.2, 0.25) is 0 Å². The van der Waals surface area contributed by atoms with Crippen LogP contribution in [0.5, 0.6) is 5.75 Å². The highest BCUT2D eigenvalue weighted by molar-refractivity contribution is 6.18. The van der Waals surface area contributed by atoms with E-state index in [-0.39, 0.29) is 10.8 Å². The molecule has 6 heteroatoms. The minimum Gasteiger partial charge on any atom is -0.496 e. The first-order valence-electron chi connectivity index (χ1n) is 17.8. The zero-order valence-electron chi connectivity index (χ0n) is 30.0. The topological polar surface area (TPSA) is 86.6 Å². The van der Waals surface area contributed by atoms with Crippen molar-refractivity contribution in [3.8, 4) is 5.75 Å². The summed E-state index contributed by atoms with van der Waals surface area (Å²) in [5.41, 5.74) is 17.4. The molecule has 248 valence electrons. The maximum Gasteiger partial charge on any atom is 0.182 e. The Bertz CT molecular complexity index is 2450. The van der Waals surface area contributed by atoms with Crippen molar-refractivity contribution in [3.63, 3.8) is 0 Å². The van der Waals surface area contributed by atoms with Gasteiger partial charge in [-0.2, -0.15) is 0 Å².